The molecule has 1 aromatic heterocycles. The van der Waals surface area contributed by atoms with Gasteiger partial charge in [0.15, 0.2) is 0 Å². The second kappa shape index (κ2) is 5.15. The lowest BCUT2D eigenvalue weighted by molar-refractivity contribution is 0.572. The third kappa shape index (κ3) is 2.94. The van der Waals surface area contributed by atoms with Gasteiger partial charge in [0.25, 0.3) is 0 Å². The number of hydrogen-bond acceptors (Lipinski definition) is 2. The molecule has 0 amide bonds. The van der Waals surface area contributed by atoms with E-state index in [0.717, 1.165) is 6.54 Å². The summed E-state index contributed by atoms with van der Waals surface area (Å²) in [5.74, 6) is 0. The first-order valence-electron chi connectivity index (χ1n) is 5.93. The van der Waals surface area contributed by atoms with Gasteiger partial charge in [0.1, 0.15) is 0 Å². The van der Waals surface area contributed by atoms with Crippen molar-refractivity contribution in [2.24, 2.45) is 7.05 Å². The van der Waals surface area contributed by atoms with Crippen molar-refractivity contribution in [3.05, 3.63) is 53.3 Å². The molecule has 0 spiro atoms. The number of benzene rings is 1. The van der Waals surface area contributed by atoms with Gasteiger partial charge in [0, 0.05) is 31.4 Å². The minimum atomic E-state index is 0.358. The van der Waals surface area contributed by atoms with Gasteiger partial charge in [-0.25, -0.2) is 0 Å². The summed E-state index contributed by atoms with van der Waals surface area (Å²) >= 11 is 0. The Morgan fingerprint density at radius 2 is 2.12 bits per heavy atom. The largest absolute Gasteiger partial charge is 0.306 e. The Morgan fingerprint density at radius 3 is 2.76 bits per heavy atom. The maximum Gasteiger partial charge on any atom is 0.0534 e. The van der Waals surface area contributed by atoms with Crippen LogP contribution in [0, 0.1) is 6.92 Å². The van der Waals surface area contributed by atoms with Gasteiger partial charge in [-0.1, -0.05) is 24.3 Å². The highest BCUT2D eigenvalue weighted by atomic mass is 15.2. The molecule has 0 saturated carbocycles. The molecule has 90 valence electrons. The molecule has 1 aromatic carbocycles. The summed E-state index contributed by atoms with van der Waals surface area (Å²) < 4.78 is 1.83. The predicted octanol–water partition coefficient (Wildman–Crippen LogP) is 2.58. The fourth-order valence-electron chi connectivity index (χ4n) is 2.02. The smallest absolute Gasteiger partial charge is 0.0534 e. The molecule has 3 heteroatoms. The molecule has 0 aliphatic rings. The van der Waals surface area contributed by atoms with Gasteiger partial charge in [-0.05, 0) is 25.0 Å². The van der Waals surface area contributed by atoms with E-state index in [-0.39, 0.29) is 0 Å². The molecule has 1 heterocycles. The SMILES string of the molecule is Cc1ccccc1[C@@H](C)NCc1cnn(C)c1. The molecular weight excluding hydrogens is 210 g/mol. The Morgan fingerprint density at radius 1 is 1.35 bits per heavy atom. The van der Waals surface area contributed by atoms with Crippen LogP contribution in [0.1, 0.15) is 29.7 Å². The zero-order chi connectivity index (χ0) is 12.3. The highest BCUT2D eigenvalue weighted by Crippen LogP contribution is 2.16. The van der Waals surface area contributed by atoms with E-state index in [2.05, 4.69) is 48.5 Å². The van der Waals surface area contributed by atoms with Crippen molar-refractivity contribution in [2.45, 2.75) is 26.4 Å². The summed E-state index contributed by atoms with van der Waals surface area (Å²) in [5.41, 5.74) is 3.91. The number of hydrogen-bond donors (Lipinski definition) is 1. The van der Waals surface area contributed by atoms with Gasteiger partial charge in [-0.3, -0.25) is 4.68 Å². The third-order valence-corrected chi connectivity index (χ3v) is 3.03. The number of aryl methyl sites for hydroxylation is 2. The van der Waals surface area contributed by atoms with Gasteiger partial charge >= 0.3 is 0 Å². The molecule has 1 atom stereocenters. The van der Waals surface area contributed by atoms with E-state index in [1.807, 2.05) is 24.1 Å². The second-order valence-corrected chi connectivity index (χ2v) is 4.48. The van der Waals surface area contributed by atoms with Crippen LogP contribution >= 0.6 is 0 Å². The zero-order valence-electron chi connectivity index (χ0n) is 10.6. The van der Waals surface area contributed by atoms with Crippen LogP contribution in [0.25, 0.3) is 0 Å². The molecule has 0 aliphatic carbocycles. The first-order valence-corrected chi connectivity index (χ1v) is 5.93. The van der Waals surface area contributed by atoms with E-state index in [0.29, 0.717) is 6.04 Å². The van der Waals surface area contributed by atoms with Crippen molar-refractivity contribution < 1.29 is 0 Å². The topological polar surface area (TPSA) is 29.9 Å². The van der Waals surface area contributed by atoms with Crippen LogP contribution < -0.4 is 5.32 Å². The number of rotatable bonds is 4. The van der Waals surface area contributed by atoms with Crippen LogP contribution in [0.15, 0.2) is 36.7 Å². The Balaban J connectivity index is 1.98. The maximum absolute atomic E-state index is 4.16. The van der Waals surface area contributed by atoms with E-state index in [1.165, 1.54) is 16.7 Å². The second-order valence-electron chi connectivity index (χ2n) is 4.48. The van der Waals surface area contributed by atoms with Crippen LogP contribution in [-0.2, 0) is 13.6 Å². The Hall–Kier alpha value is -1.61. The van der Waals surface area contributed by atoms with Crippen molar-refractivity contribution in [1.29, 1.82) is 0 Å². The van der Waals surface area contributed by atoms with Crippen LogP contribution in [0.5, 0.6) is 0 Å². The monoisotopic (exact) mass is 229 g/mol. The first kappa shape index (κ1) is 11.9. The molecule has 17 heavy (non-hydrogen) atoms. The molecule has 0 fully saturated rings. The van der Waals surface area contributed by atoms with E-state index in [4.69, 9.17) is 0 Å². The Kier molecular flexibility index (Phi) is 3.59. The lowest BCUT2D eigenvalue weighted by Crippen LogP contribution is -2.18. The van der Waals surface area contributed by atoms with E-state index in [1.54, 1.807) is 0 Å². The van der Waals surface area contributed by atoms with Crippen molar-refractivity contribution in [3.8, 4) is 0 Å². The fraction of sp³-hybridized carbons (Fsp3) is 0.357. The average molecular weight is 229 g/mol. The lowest BCUT2D eigenvalue weighted by Gasteiger charge is -2.15. The zero-order valence-corrected chi connectivity index (χ0v) is 10.6. The molecule has 0 aliphatic heterocycles. The van der Waals surface area contributed by atoms with Gasteiger partial charge < -0.3 is 5.32 Å². The van der Waals surface area contributed by atoms with Gasteiger partial charge in [0.05, 0.1) is 6.20 Å². The Labute approximate surface area is 102 Å². The molecule has 0 saturated heterocycles. The van der Waals surface area contributed by atoms with E-state index >= 15 is 0 Å². The number of nitrogens with one attached hydrogen (secondary N) is 1. The minimum absolute atomic E-state index is 0.358. The van der Waals surface area contributed by atoms with Crippen molar-refractivity contribution in [2.75, 3.05) is 0 Å². The van der Waals surface area contributed by atoms with Gasteiger partial charge in [-0.15, -0.1) is 0 Å². The van der Waals surface area contributed by atoms with E-state index < -0.39 is 0 Å². The molecule has 1 N–H and O–H groups in total. The molecule has 0 bridgehead atoms. The minimum Gasteiger partial charge on any atom is -0.306 e. The molecule has 3 nitrogen and oxygen atoms in total. The summed E-state index contributed by atoms with van der Waals surface area (Å²) in [4.78, 5) is 0. The summed E-state index contributed by atoms with van der Waals surface area (Å²) in [6.45, 7) is 5.19. The standard InChI is InChI=1S/C14H19N3/c1-11-6-4-5-7-14(11)12(2)15-8-13-9-16-17(3)10-13/h4-7,9-10,12,15H,8H2,1-3H3/t12-/m1/s1. The fourth-order valence-corrected chi connectivity index (χ4v) is 2.02. The van der Waals surface area contributed by atoms with Crippen LogP contribution in [0.2, 0.25) is 0 Å². The van der Waals surface area contributed by atoms with Crippen LogP contribution in [0.3, 0.4) is 0 Å². The molecule has 0 radical (unpaired) electrons. The quantitative estimate of drug-likeness (QED) is 0.873. The summed E-state index contributed by atoms with van der Waals surface area (Å²) in [6.07, 6.45) is 3.94. The van der Waals surface area contributed by atoms with Crippen molar-refractivity contribution in [1.82, 2.24) is 15.1 Å². The highest BCUT2D eigenvalue weighted by molar-refractivity contribution is 5.28. The number of aromatic nitrogens is 2. The number of nitrogens with zero attached hydrogens (tertiary/aromatic N) is 2. The summed E-state index contributed by atoms with van der Waals surface area (Å²) in [6, 6.07) is 8.85. The van der Waals surface area contributed by atoms with Crippen molar-refractivity contribution >= 4 is 0 Å². The van der Waals surface area contributed by atoms with Gasteiger partial charge in [0.2, 0.25) is 0 Å². The van der Waals surface area contributed by atoms with Crippen molar-refractivity contribution in [3.63, 3.8) is 0 Å². The highest BCUT2D eigenvalue weighted by Gasteiger charge is 2.07. The molecule has 2 rings (SSSR count). The van der Waals surface area contributed by atoms with Crippen LogP contribution in [0.4, 0.5) is 0 Å². The third-order valence-electron chi connectivity index (χ3n) is 3.03. The molecular formula is C14H19N3. The predicted molar refractivity (Wildman–Crippen MR) is 69.6 cm³/mol. The molecule has 2 aromatic rings. The first-order chi connectivity index (χ1) is 8.16. The lowest BCUT2D eigenvalue weighted by atomic mass is 10.0. The Bertz CT molecular complexity index is 488. The molecule has 0 unspecified atom stereocenters. The summed E-state index contributed by atoms with van der Waals surface area (Å²) in [5, 5.41) is 7.68. The van der Waals surface area contributed by atoms with Gasteiger partial charge in [-0.2, -0.15) is 5.10 Å². The van der Waals surface area contributed by atoms with Crippen LogP contribution in [-0.4, -0.2) is 9.78 Å². The summed E-state index contributed by atoms with van der Waals surface area (Å²) in [7, 11) is 1.94. The normalized spacial score (nSPS) is 12.6. The average Bonchev–Trinajstić information content (AvgIpc) is 2.73. The maximum atomic E-state index is 4.16. The van der Waals surface area contributed by atoms with E-state index in [9.17, 15) is 0 Å².